The summed E-state index contributed by atoms with van der Waals surface area (Å²) in [6.07, 6.45) is 8.78. The summed E-state index contributed by atoms with van der Waals surface area (Å²) >= 11 is 3.47. The van der Waals surface area contributed by atoms with Crippen molar-refractivity contribution in [3.05, 3.63) is 29.3 Å². The molecule has 0 saturated heterocycles. The van der Waals surface area contributed by atoms with Gasteiger partial charge in [0.15, 0.2) is 0 Å². The topological polar surface area (TPSA) is 37.3 Å². The SMILES string of the molecule is C=O.CCCCCCCCc1c(O)cccc1CBr. The molecule has 0 atom stereocenters. The number of carbonyl (C=O) groups excluding carboxylic acids is 1. The number of rotatable bonds is 8. The normalized spacial score (nSPS) is 9.79. The van der Waals surface area contributed by atoms with Gasteiger partial charge in [-0.15, -0.1) is 0 Å². The zero-order chi connectivity index (χ0) is 14.5. The van der Waals surface area contributed by atoms with Crippen molar-refractivity contribution in [1.82, 2.24) is 0 Å². The van der Waals surface area contributed by atoms with Gasteiger partial charge in [0, 0.05) is 5.33 Å². The van der Waals surface area contributed by atoms with Crippen molar-refractivity contribution >= 4 is 22.7 Å². The Bertz CT molecular complexity index is 340. The van der Waals surface area contributed by atoms with Crippen molar-refractivity contribution in [3.8, 4) is 5.75 Å². The molecule has 0 aliphatic heterocycles. The van der Waals surface area contributed by atoms with Crippen LogP contribution < -0.4 is 0 Å². The Morgan fingerprint density at radius 3 is 2.37 bits per heavy atom. The molecule has 19 heavy (non-hydrogen) atoms. The molecule has 0 aliphatic carbocycles. The molecule has 0 fully saturated rings. The molecule has 0 amide bonds. The number of phenolic OH excluding ortho intramolecular Hbond substituents is 1. The lowest BCUT2D eigenvalue weighted by molar-refractivity contribution is -0.0979. The minimum atomic E-state index is 0.454. The molecule has 2 nitrogen and oxygen atoms in total. The molecule has 0 aromatic heterocycles. The first-order valence-electron chi connectivity index (χ1n) is 6.94. The van der Waals surface area contributed by atoms with Gasteiger partial charge in [-0.1, -0.05) is 67.1 Å². The lowest BCUT2D eigenvalue weighted by Gasteiger charge is -2.09. The number of carbonyl (C=O) groups is 1. The first-order chi connectivity index (χ1) is 9.29. The minimum Gasteiger partial charge on any atom is -0.508 e. The van der Waals surface area contributed by atoms with E-state index in [0.29, 0.717) is 5.75 Å². The first kappa shape index (κ1) is 18.2. The molecule has 1 rings (SSSR count). The molecule has 0 saturated carbocycles. The van der Waals surface area contributed by atoms with Crippen LogP contribution >= 0.6 is 15.9 Å². The van der Waals surface area contributed by atoms with E-state index in [1.165, 1.54) is 44.1 Å². The summed E-state index contributed by atoms with van der Waals surface area (Å²) in [4.78, 5) is 8.00. The average molecular weight is 329 g/mol. The standard InChI is InChI=1S/C15H23BrO.CH2O/c1-2-3-4-5-6-7-10-14-13(12-16)9-8-11-15(14)17;1-2/h8-9,11,17H,2-7,10,12H2,1H3;1H2. The number of hydrogen-bond acceptors (Lipinski definition) is 2. The Morgan fingerprint density at radius 2 is 1.74 bits per heavy atom. The van der Waals surface area contributed by atoms with E-state index in [9.17, 15) is 5.11 Å². The summed E-state index contributed by atoms with van der Waals surface area (Å²) in [5, 5.41) is 10.7. The van der Waals surface area contributed by atoms with Gasteiger partial charge in [0.1, 0.15) is 12.5 Å². The first-order valence-corrected chi connectivity index (χ1v) is 8.06. The molecule has 0 spiro atoms. The second-order valence-corrected chi connectivity index (χ2v) is 5.13. The van der Waals surface area contributed by atoms with E-state index in [1.54, 1.807) is 6.07 Å². The number of hydrogen-bond donors (Lipinski definition) is 1. The molecule has 3 heteroatoms. The van der Waals surface area contributed by atoms with Gasteiger partial charge in [-0.2, -0.15) is 0 Å². The van der Waals surface area contributed by atoms with Crippen molar-refractivity contribution < 1.29 is 9.90 Å². The van der Waals surface area contributed by atoms with E-state index < -0.39 is 0 Å². The van der Waals surface area contributed by atoms with Gasteiger partial charge >= 0.3 is 0 Å². The molecule has 0 bridgehead atoms. The third kappa shape index (κ3) is 7.36. The van der Waals surface area contributed by atoms with Crippen molar-refractivity contribution in [3.63, 3.8) is 0 Å². The zero-order valence-corrected chi connectivity index (χ0v) is 13.4. The van der Waals surface area contributed by atoms with Crippen LogP contribution in [-0.2, 0) is 16.5 Å². The number of unbranched alkanes of at least 4 members (excludes halogenated alkanes) is 5. The number of phenols is 1. The van der Waals surface area contributed by atoms with Gasteiger partial charge < -0.3 is 9.90 Å². The molecule has 0 heterocycles. The second kappa shape index (κ2) is 12.2. The van der Waals surface area contributed by atoms with E-state index in [2.05, 4.69) is 28.9 Å². The van der Waals surface area contributed by atoms with Crippen LogP contribution in [0.4, 0.5) is 0 Å². The number of aromatic hydroxyl groups is 1. The third-order valence-electron chi connectivity index (χ3n) is 3.17. The summed E-state index contributed by atoms with van der Waals surface area (Å²) in [5.74, 6) is 0.454. The summed E-state index contributed by atoms with van der Waals surface area (Å²) in [6.45, 7) is 4.24. The van der Waals surface area contributed by atoms with Crippen LogP contribution in [0.15, 0.2) is 18.2 Å². The zero-order valence-electron chi connectivity index (χ0n) is 11.8. The Balaban J connectivity index is 0.00000154. The van der Waals surface area contributed by atoms with Crippen LogP contribution in [0.3, 0.4) is 0 Å². The lowest BCUT2D eigenvalue weighted by Crippen LogP contribution is -1.93. The van der Waals surface area contributed by atoms with E-state index in [4.69, 9.17) is 4.79 Å². The van der Waals surface area contributed by atoms with E-state index in [-0.39, 0.29) is 0 Å². The van der Waals surface area contributed by atoms with E-state index in [1.807, 2.05) is 12.9 Å². The monoisotopic (exact) mass is 328 g/mol. The molecule has 0 unspecified atom stereocenters. The molecule has 108 valence electrons. The number of alkyl halides is 1. The fraction of sp³-hybridized carbons (Fsp3) is 0.562. The highest BCUT2D eigenvalue weighted by atomic mass is 79.9. The van der Waals surface area contributed by atoms with Crippen LogP contribution in [0.2, 0.25) is 0 Å². The van der Waals surface area contributed by atoms with Crippen LogP contribution in [0.1, 0.15) is 56.6 Å². The van der Waals surface area contributed by atoms with Crippen LogP contribution in [0, 0.1) is 0 Å². The number of halogens is 1. The van der Waals surface area contributed by atoms with Crippen molar-refractivity contribution in [2.24, 2.45) is 0 Å². The summed E-state index contributed by atoms with van der Waals surface area (Å²) in [6, 6.07) is 5.79. The summed E-state index contributed by atoms with van der Waals surface area (Å²) < 4.78 is 0. The predicted octanol–water partition coefficient (Wildman–Crippen LogP) is 5.01. The maximum atomic E-state index is 9.84. The number of benzene rings is 1. The van der Waals surface area contributed by atoms with Gasteiger partial charge in [0.05, 0.1) is 0 Å². The molecule has 0 radical (unpaired) electrons. The molecule has 1 aromatic carbocycles. The van der Waals surface area contributed by atoms with Gasteiger partial charge in [0.2, 0.25) is 0 Å². The quantitative estimate of drug-likeness (QED) is 0.538. The Labute approximate surface area is 125 Å². The average Bonchev–Trinajstić information content (AvgIpc) is 2.46. The van der Waals surface area contributed by atoms with Crippen LogP contribution in [-0.4, -0.2) is 11.9 Å². The highest BCUT2D eigenvalue weighted by molar-refractivity contribution is 9.08. The van der Waals surface area contributed by atoms with Crippen LogP contribution in [0.25, 0.3) is 0 Å². The predicted molar refractivity (Wildman–Crippen MR) is 84.9 cm³/mol. The molecule has 0 aliphatic rings. The Morgan fingerprint density at radius 1 is 1.11 bits per heavy atom. The molecular formula is C16H25BrO2. The summed E-state index contributed by atoms with van der Waals surface area (Å²) in [5.41, 5.74) is 2.35. The van der Waals surface area contributed by atoms with Crippen molar-refractivity contribution in [2.75, 3.05) is 0 Å². The van der Waals surface area contributed by atoms with E-state index >= 15 is 0 Å². The Hall–Kier alpha value is -0.830. The van der Waals surface area contributed by atoms with Gasteiger partial charge in [-0.05, 0) is 30.0 Å². The van der Waals surface area contributed by atoms with E-state index in [0.717, 1.165) is 17.3 Å². The molecular weight excluding hydrogens is 304 g/mol. The van der Waals surface area contributed by atoms with Crippen molar-refractivity contribution in [1.29, 1.82) is 0 Å². The maximum absolute atomic E-state index is 9.84. The highest BCUT2D eigenvalue weighted by Gasteiger charge is 2.06. The van der Waals surface area contributed by atoms with Crippen LogP contribution in [0.5, 0.6) is 5.75 Å². The molecule has 1 aromatic rings. The minimum absolute atomic E-state index is 0.454. The second-order valence-electron chi connectivity index (χ2n) is 4.57. The maximum Gasteiger partial charge on any atom is 0.119 e. The third-order valence-corrected chi connectivity index (χ3v) is 3.78. The fourth-order valence-electron chi connectivity index (χ4n) is 2.12. The van der Waals surface area contributed by atoms with Gasteiger partial charge in [-0.3, -0.25) is 0 Å². The largest absolute Gasteiger partial charge is 0.508 e. The van der Waals surface area contributed by atoms with Gasteiger partial charge in [0.25, 0.3) is 0 Å². The lowest BCUT2D eigenvalue weighted by atomic mass is 10.0. The smallest absolute Gasteiger partial charge is 0.119 e. The Kier molecular flexibility index (Phi) is 11.7. The van der Waals surface area contributed by atoms with Gasteiger partial charge in [-0.25, -0.2) is 0 Å². The van der Waals surface area contributed by atoms with Crippen molar-refractivity contribution in [2.45, 2.75) is 57.2 Å². The summed E-state index contributed by atoms with van der Waals surface area (Å²) in [7, 11) is 0. The highest BCUT2D eigenvalue weighted by Crippen LogP contribution is 2.25. The molecule has 1 N–H and O–H groups in total. The fourth-order valence-corrected chi connectivity index (χ4v) is 2.64.